The van der Waals surface area contributed by atoms with Gasteiger partial charge >= 0.3 is 7.12 Å². The minimum atomic E-state index is -3.87. The number of rotatable bonds is 7. The van der Waals surface area contributed by atoms with E-state index in [0.29, 0.717) is 12.8 Å². The highest BCUT2D eigenvalue weighted by molar-refractivity contribution is 7.89. The molecule has 0 amide bonds. The fourth-order valence-corrected chi connectivity index (χ4v) is 6.86. The first-order valence-corrected chi connectivity index (χ1v) is 10.7. The van der Waals surface area contributed by atoms with Gasteiger partial charge in [0.05, 0.1) is 11.7 Å². The number of ketones is 1. The number of carbonyl (C=O) groups is 1. The highest BCUT2D eigenvalue weighted by Gasteiger charge is 2.65. The molecular weight excluding hydrogens is 353 g/mol. The summed E-state index contributed by atoms with van der Waals surface area (Å²) in [5.74, 6) is -1.10. The summed E-state index contributed by atoms with van der Waals surface area (Å²) in [6.07, 6.45) is 2.04. The molecule has 2 saturated carbocycles. The number of Topliss-reactive ketones (excluding diaryl/α,β-unsaturated/α-hetero) is 1. The van der Waals surface area contributed by atoms with Gasteiger partial charge in [-0.2, -0.15) is 0 Å². The van der Waals surface area contributed by atoms with Crippen LogP contribution in [-0.2, 0) is 21.2 Å². The van der Waals surface area contributed by atoms with Crippen molar-refractivity contribution in [2.24, 2.45) is 16.7 Å². The van der Waals surface area contributed by atoms with Gasteiger partial charge in [-0.1, -0.05) is 44.2 Å². The molecule has 6 nitrogen and oxygen atoms in total. The van der Waals surface area contributed by atoms with Crippen LogP contribution in [0.5, 0.6) is 0 Å². The number of hydrogen-bond acceptors (Lipinski definition) is 5. The number of benzene rings is 1. The molecule has 2 fully saturated rings. The van der Waals surface area contributed by atoms with Gasteiger partial charge in [-0.3, -0.25) is 4.79 Å². The maximum Gasteiger partial charge on any atom is 0.471 e. The van der Waals surface area contributed by atoms with Gasteiger partial charge in [0.15, 0.2) is 0 Å². The highest BCUT2D eigenvalue weighted by Crippen LogP contribution is 2.64. The molecule has 0 spiro atoms. The molecule has 0 saturated heterocycles. The van der Waals surface area contributed by atoms with E-state index in [-0.39, 0.29) is 29.3 Å². The zero-order chi connectivity index (χ0) is 19.2. The van der Waals surface area contributed by atoms with Crippen molar-refractivity contribution in [1.82, 2.24) is 4.72 Å². The highest BCUT2D eigenvalue weighted by atomic mass is 32.2. The van der Waals surface area contributed by atoms with Gasteiger partial charge in [0.1, 0.15) is 5.78 Å². The van der Waals surface area contributed by atoms with E-state index in [0.717, 1.165) is 12.0 Å². The molecule has 142 valence electrons. The summed E-state index contributed by atoms with van der Waals surface area (Å²) in [5.41, 5.74) is -0.433. The van der Waals surface area contributed by atoms with Crippen LogP contribution >= 0.6 is 0 Å². The molecule has 1 aromatic rings. The van der Waals surface area contributed by atoms with Crippen molar-refractivity contribution in [2.45, 2.75) is 45.5 Å². The van der Waals surface area contributed by atoms with Gasteiger partial charge in [0.25, 0.3) is 0 Å². The standard InChI is InChI=1S/C18H26BNO5S/c1-17(2)14-8-9-18(17,15(21)11-14)12-26(24,25)20-16(19(22)23)10-13-6-4-3-5-7-13/h3-7,14,16,20,22-23H,8-12H2,1-2H3/t14-,16+,18-/m1/s1. The van der Waals surface area contributed by atoms with Gasteiger partial charge in [0.2, 0.25) is 10.0 Å². The Balaban J connectivity index is 1.78. The summed E-state index contributed by atoms with van der Waals surface area (Å²) in [6, 6.07) is 9.05. The lowest BCUT2D eigenvalue weighted by Gasteiger charge is -2.36. The van der Waals surface area contributed by atoms with Crippen LogP contribution in [0.3, 0.4) is 0 Å². The summed E-state index contributed by atoms with van der Waals surface area (Å²) in [4.78, 5) is 12.6. The van der Waals surface area contributed by atoms with Crippen molar-refractivity contribution in [3.63, 3.8) is 0 Å². The molecule has 2 aliphatic rings. The first-order valence-electron chi connectivity index (χ1n) is 9.01. The summed E-state index contributed by atoms with van der Waals surface area (Å²) < 4.78 is 28.1. The Morgan fingerprint density at radius 1 is 1.27 bits per heavy atom. The third-order valence-corrected chi connectivity index (χ3v) is 8.10. The van der Waals surface area contributed by atoms with Crippen molar-refractivity contribution >= 4 is 22.9 Å². The van der Waals surface area contributed by atoms with Crippen molar-refractivity contribution in [1.29, 1.82) is 0 Å². The third-order valence-electron chi connectivity index (χ3n) is 6.56. The topological polar surface area (TPSA) is 104 Å². The average Bonchev–Trinajstić information content (AvgIpc) is 2.88. The third kappa shape index (κ3) is 3.35. The fraction of sp³-hybridized carbons (Fsp3) is 0.611. The van der Waals surface area contributed by atoms with E-state index in [1.165, 1.54) is 0 Å². The summed E-state index contributed by atoms with van der Waals surface area (Å²) in [6.45, 7) is 3.96. The Kier molecular flexibility index (Phi) is 5.07. The van der Waals surface area contributed by atoms with Crippen LogP contribution in [0.2, 0.25) is 0 Å². The van der Waals surface area contributed by atoms with Crippen LogP contribution in [-0.4, -0.2) is 43.1 Å². The molecular formula is C18H26BNO5S. The lowest BCUT2D eigenvalue weighted by atomic mass is 9.70. The van der Waals surface area contributed by atoms with Gasteiger partial charge in [-0.05, 0) is 36.2 Å². The maximum atomic E-state index is 12.8. The second-order valence-electron chi connectivity index (χ2n) is 8.25. The van der Waals surface area contributed by atoms with Crippen LogP contribution in [0.4, 0.5) is 0 Å². The molecule has 8 heteroatoms. The van der Waals surface area contributed by atoms with Crippen molar-refractivity contribution in [3.05, 3.63) is 35.9 Å². The number of nitrogens with one attached hydrogen (secondary N) is 1. The monoisotopic (exact) mass is 379 g/mol. The van der Waals surface area contributed by atoms with Crippen LogP contribution < -0.4 is 4.72 Å². The lowest BCUT2D eigenvalue weighted by molar-refractivity contribution is -0.128. The molecule has 0 aromatic heterocycles. The number of fused-ring (bicyclic) bond motifs is 2. The first-order chi connectivity index (χ1) is 12.1. The molecule has 26 heavy (non-hydrogen) atoms. The second kappa shape index (κ2) is 6.75. The van der Waals surface area contributed by atoms with E-state index in [9.17, 15) is 23.3 Å². The largest absolute Gasteiger partial charge is 0.471 e. The summed E-state index contributed by atoms with van der Waals surface area (Å²) in [7, 11) is -5.70. The zero-order valence-corrected chi connectivity index (χ0v) is 16.0. The summed E-state index contributed by atoms with van der Waals surface area (Å²) >= 11 is 0. The molecule has 3 rings (SSSR count). The number of sulfonamides is 1. The zero-order valence-electron chi connectivity index (χ0n) is 15.2. The molecule has 3 N–H and O–H groups in total. The van der Waals surface area contributed by atoms with E-state index in [1.807, 2.05) is 32.0 Å². The molecule has 0 aliphatic heterocycles. The number of carbonyl (C=O) groups excluding carboxylic acids is 1. The SMILES string of the molecule is CC1(C)[C@@H]2CC[C@@]1(CS(=O)(=O)N[C@@H](Cc1ccccc1)B(O)O)C(=O)C2. The van der Waals surface area contributed by atoms with E-state index in [4.69, 9.17) is 0 Å². The van der Waals surface area contributed by atoms with Crippen molar-refractivity contribution in [3.8, 4) is 0 Å². The van der Waals surface area contributed by atoms with Gasteiger partial charge in [-0.15, -0.1) is 0 Å². The molecule has 2 bridgehead atoms. The van der Waals surface area contributed by atoms with Gasteiger partial charge in [0, 0.05) is 11.8 Å². The minimum absolute atomic E-state index is 0.0216. The van der Waals surface area contributed by atoms with Crippen LogP contribution in [0.1, 0.15) is 38.7 Å². The fourth-order valence-electron chi connectivity index (χ4n) is 4.78. The average molecular weight is 379 g/mol. The first kappa shape index (κ1) is 19.5. The lowest BCUT2D eigenvalue weighted by Crippen LogP contribution is -2.52. The number of hydrogen-bond donors (Lipinski definition) is 3. The minimum Gasteiger partial charge on any atom is -0.426 e. The molecule has 0 heterocycles. The smallest absolute Gasteiger partial charge is 0.426 e. The predicted molar refractivity (Wildman–Crippen MR) is 99.6 cm³/mol. The molecule has 0 radical (unpaired) electrons. The normalized spacial score (nSPS) is 28.3. The molecule has 2 aliphatic carbocycles. The van der Waals surface area contributed by atoms with Crippen LogP contribution in [0.15, 0.2) is 30.3 Å². The van der Waals surface area contributed by atoms with E-state index in [2.05, 4.69) is 4.72 Å². The Bertz CT molecular complexity index is 780. The van der Waals surface area contributed by atoms with E-state index < -0.39 is 28.5 Å². The molecule has 0 unspecified atom stereocenters. The van der Waals surface area contributed by atoms with Gasteiger partial charge in [-0.25, -0.2) is 13.1 Å². The Hall–Kier alpha value is -1.22. The van der Waals surface area contributed by atoms with E-state index in [1.54, 1.807) is 12.1 Å². The van der Waals surface area contributed by atoms with Gasteiger partial charge < -0.3 is 10.0 Å². The second-order valence-corrected chi connectivity index (χ2v) is 10.0. The summed E-state index contributed by atoms with van der Waals surface area (Å²) in [5, 5.41) is 19.3. The Labute approximate surface area is 155 Å². The quantitative estimate of drug-likeness (QED) is 0.612. The predicted octanol–water partition coefficient (Wildman–Crippen LogP) is 0.924. The van der Waals surface area contributed by atoms with E-state index >= 15 is 0 Å². The Morgan fingerprint density at radius 2 is 1.92 bits per heavy atom. The molecule has 1 aromatic carbocycles. The molecule has 3 atom stereocenters. The maximum absolute atomic E-state index is 12.8. The van der Waals surface area contributed by atoms with Crippen molar-refractivity contribution in [2.75, 3.05) is 5.75 Å². The van der Waals surface area contributed by atoms with Crippen LogP contribution in [0, 0.1) is 16.7 Å². The van der Waals surface area contributed by atoms with Crippen LogP contribution in [0.25, 0.3) is 0 Å². The van der Waals surface area contributed by atoms with Crippen molar-refractivity contribution < 1.29 is 23.3 Å². The Morgan fingerprint density at radius 3 is 2.42 bits per heavy atom.